The summed E-state index contributed by atoms with van der Waals surface area (Å²) in [5.74, 6) is -2.79. The second kappa shape index (κ2) is 9.11. The van der Waals surface area contributed by atoms with Gasteiger partial charge in [0.15, 0.2) is 0 Å². The van der Waals surface area contributed by atoms with E-state index < -0.39 is 32.5 Å². The maximum atomic E-state index is 14.0. The van der Waals surface area contributed by atoms with Gasteiger partial charge in [0.2, 0.25) is 21.8 Å². The monoisotopic (exact) mass is 451 g/mol. The number of amides is 2. The van der Waals surface area contributed by atoms with Crippen molar-refractivity contribution in [2.24, 2.45) is 5.92 Å². The zero-order chi connectivity index (χ0) is 22.8. The Labute approximate surface area is 179 Å². The molecule has 0 saturated carbocycles. The fraction of sp³-hybridized carbons (Fsp3) is 0.333. The van der Waals surface area contributed by atoms with Gasteiger partial charge in [-0.15, -0.1) is 0 Å². The third-order valence-corrected chi connectivity index (χ3v) is 7.15. The van der Waals surface area contributed by atoms with Crippen LogP contribution >= 0.6 is 0 Å². The highest BCUT2D eigenvalue weighted by Crippen LogP contribution is 2.28. The Hall–Kier alpha value is -2.85. The molecule has 2 amide bonds. The van der Waals surface area contributed by atoms with Crippen LogP contribution < -0.4 is 10.6 Å². The fourth-order valence-corrected chi connectivity index (χ4v) is 5.05. The number of piperidine rings is 1. The van der Waals surface area contributed by atoms with E-state index in [9.17, 15) is 26.8 Å². The lowest BCUT2D eigenvalue weighted by Gasteiger charge is -2.30. The second-order valence-corrected chi connectivity index (χ2v) is 9.31. The molecular formula is C21H23F2N3O4S. The molecule has 0 radical (unpaired) electrons. The minimum atomic E-state index is -4.20. The van der Waals surface area contributed by atoms with E-state index in [-0.39, 0.29) is 37.7 Å². The number of hydrogen-bond donors (Lipinski definition) is 2. The van der Waals surface area contributed by atoms with Crippen LogP contribution in [0.1, 0.15) is 25.3 Å². The van der Waals surface area contributed by atoms with Crippen LogP contribution in [-0.2, 0) is 19.6 Å². The summed E-state index contributed by atoms with van der Waals surface area (Å²) in [5.41, 5.74) is 1.84. The summed E-state index contributed by atoms with van der Waals surface area (Å²) in [6.07, 6.45) is 0.485. The molecule has 0 aromatic heterocycles. The van der Waals surface area contributed by atoms with Gasteiger partial charge in [-0.3, -0.25) is 9.59 Å². The number of anilines is 2. The third-order valence-electron chi connectivity index (χ3n) is 5.24. The van der Waals surface area contributed by atoms with Crippen molar-refractivity contribution in [1.82, 2.24) is 4.31 Å². The standard InChI is InChI=1S/C21H23F2N3O4S/c1-13-18(24-14(2)27)4-3-5-19(13)25-21(28)15-8-10-26(11-9-15)31(29,30)20-12-16(22)6-7-17(20)23/h3-7,12,15H,8-11H2,1-2H3,(H,24,27)(H,25,28). The molecule has 166 valence electrons. The van der Waals surface area contributed by atoms with Crippen molar-refractivity contribution >= 4 is 33.2 Å². The molecule has 31 heavy (non-hydrogen) atoms. The largest absolute Gasteiger partial charge is 0.326 e. The molecule has 7 nitrogen and oxygen atoms in total. The molecule has 1 fully saturated rings. The molecular weight excluding hydrogens is 428 g/mol. The average molecular weight is 451 g/mol. The van der Waals surface area contributed by atoms with Crippen molar-refractivity contribution in [3.05, 3.63) is 53.6 Å². The van der Waals surface area contributed by atoms with Gasteiger partial charge in [0.05, 0.1) is 0 Å². The lowest BCUT2D eigenvalue weighted by Crippen LogP contribution is -2.41. The molecule has 2 N–H and O–H groups in total. The highest BCUT2D eigenvalue weighted by Gasteiger charge is 2.34. The summed E-state index contributed by atoms with van der Waals surface area (Å²) >= 11 is 0. The van der Waals surface area contributed by atoms with Crippen molar-refractivity contribution in [2.45, 2.75) is 31.6 Å². The minimum absolute atomic E-state index is 0.0152. The fourth-order valence-electron chi connectivity index (χ4n) is 3.50. The van der Waals surface area contributed by atoms with Crippen LogP contribution in [0.15, 0.2) is 41.3 Å². The molecule has 10 heteroatoms. The second-order valence-electron chi connectivity index (χ2n) is 7.40. The smallest absolute Gasteiger partial charge is 0.246 e. The Bertz CT molecular complexity index is 1110. The SMILES string of the molecule is CC(=O)Nc1cccc(NC(=O)C2CCN(S(=O)(=O)c3cc(F)ccc3F)CC2)c1C. The first-order valence-electron chi connectivity index (χ1n) is 9.73. The molecule has 0 unspecified atom stereocenters. The van der Waals surface area contributed by atoms with E-state index in [4.69, 9.17) is 0 Å². The van der Waals surface area contributed by atoms with Crippen molar-refractivity contribution in [3.8, 4) is 0 Å². The molecule has 1 saturated heterocycles. The van der Waals surface area contributed by atoms with E-state index in [1.807, 2.05) is 0 Å². The molecule has 0 aliphatic carbocycles. The number of nitrogens with zero attached hydrogens (tertiary/aromatic N) is 1. The molecule has 0 bridgehead atoms. The quantitative estimate of drug-likeness (QED) is 0.729. The molecule has 2 aromatic carbocycles. The van der Waals surface area contributed by atoms with Crippen LogP contribution in [0, 0.1) is 24.5 Å². The predicted molar refractivity (Wildman–Crippen MR) is 112 cm³/mol. The van der Waals surface area contributed by atoms with E-state index in [1.54, 1.807) is 25.1 Å². The van der Waals surface area contributed by atoms with Gasteiger partial charge in [-0.25, -0.2) is 17.2 Å². The number of carbonyl (C=O) groups excluding carboxylic acids is 2. The van der Waals surface area contributed by atoms with Gasteiger partial charge in [0, 0.05) is 37.3 Å². The van der Waals surface area contributed by atoms with E-state index in [0.717, 1.165) is 16.4 Å². The van der Waals surface area contributed by atoms with Crippen LogP contribution in [0.25, 0.3) is 0 Å². The van der Waals surface area contributed by atoms with Gasteiger partial charge >= 0.3 is 0 Å². The molecule has 1 aliphatic rings. The molecule has 3 rings (SSSR count). The zero-order valence-electron chi connectivity index (χ0n) is 17.1. The summed E-state index contributed by atoms with van der Waals surface area (Å²) in [7, 11) is -4.20. The first kappa shape index (κ1) is 22.8. The Kier molecular flexibility index (Phi) is 6.71. The summed E-state index contributed by atoms with van der Waals surface area (Å²) in [4.78, 5) is 23.3. The average Bonchev–Trinajstić information content (AvgIpc) is 2.72. The van der Waals surface area contributed by atoms with Crippen LogP contribution in [0.3, 0.4) is 0 Å². The number of benzene rings is 2. The van der Waals surface area contributed by atoms with Gasteiger partial charge in [-0.2, -0.15) is 4.31 Å². The number of nitrogens with one attached hydrogen (secondary N) is 2. The number of halogens is 2. The van der Waals surface area contributed by atoms with Crippen molar-refractivity contribution in [2.75, 3.05) is 23.7 Å². The van der Waals surface area contributed by atoms with Crippen LogP contribution in [-0.4, -0.2) is 37.6 Å². The van der Waals surface area contributed by atoms with Crippen molar-refractivity contribution in [1.29, 1.82) is 0 Å². The Morgan fingerprint density at radius 2 is 1.65 bits per heavy atom. The Balaban J connectivity index is 1.67. The van der Waals surface area contributed by atoms with Gasteiger partial charge in [0.25, 0.3) is 0 Å². The highest BCUT2D eigenvalue weighted by molar-refractivity contribution is 7.89. The number of rotatable bonds is 5. The lowest BCUT2D eigenvalue weighted by molar-refractivity contribution is -0.121. The summed E-state index contributed by atoms with van der Waals surface area (Å²) in [5, 5.41) is 5.52. The Morgan fingerprint density at radius 3 is 2.26 bits per heavy atom. The van der Waals surface area contributed by atoms with Crippen LogP contribution in [0.2, 0.25) is 0 Å². The number of sulfonamides is 1. The minimum Gasteiger partial charge on any atom is -0.326 e. The first-order chi connectivity index (χ1) is 14.6. The van der Waals surface area contributed by atoms with Gasteiger partial charge in [-0.05, 0) is 55.7 Å². The van der Waals surface area contributed by atoms with Gasteiger partial charge < -0.3 is 10.6 Å². The van der Waals surface area contributed by atoms with Crippen LogP contribution in [0.5, 0.6) is 0 Å². The summed E-state index contributed by atoms with van der Waals surface area (Å²) < 4.78 is 53.8. The molecule has 1 aliphatic heterocycles. The summed E-state index contributed by atoms with van der Waals surface area (Å²) in [6, 6.07) is 7.44. The van der Waals surface area contributed by atoms with E-state index in [1.165, 1.54) is 6.92 Å². The summed E-state index contributed by atoms with van der Waals surface area (Å²) in [6.45, 7) is 3.19. The van der Waals surface area contributed by atoms with Gasteiger partial charge in [-0.1, -0.05) is 6.07 Å². The zero-order valence-corrected chi connectivity index (χ0v) is 17.9. The lowest BCUT2D eigenvalue weighted by atomic mass is 9.97. The number of carbonyl (C=O) groups is 2. The third kappa shape index (κ3) is 5.08. The topological polar surface area (TPSA) is 95.6 Å². The van der Waals surface area contributed by atoms with E-state index in [2.05, 4.69) is 10.6 Å². The van der Waals surface area contributed by atoms with Crippen molar-refractivity contribution < 1.29 is 26.8 Å². The van der Waals surface area contributed by atoms with Gasteiger partial charge in [0.1, 0.15) is 16.5 Å². The maximum absolute atomic E-state index is 14.0. The van der Waals surface area contributed by atoms with E-state index >= 15 is 0 Å². The predicted octanol–water partition coefficient (Wildman–Crippen LogP) is 3.27. The normalized spacial score (nSPS) is 15.5. The highest BCUT2D eigenvalue weighted by atomic mass is 32.2. The maximum Gasteiger partial charge on any atom is 0.246 e. The number of hydrogen-bond acceptors (Lipinski definition) is 4. The molecule has 2 aromatic rings. The Morgan fingerprint density at radius 1 is 1.03 bits per heavy atom. The van der Waals surface area contributed by atoms with Crippen molar-refractivity contribution in [3.63, 3.8) is 0 Å². The first-order valence-corrected chi connectivity index (χ1v) is 11.2. The molecule has 0 atom stereocenters. The van der Waals surface area contributed by atoms with E-state index in [0.29, 0.717) is 23.0 Å². The van der Waals surface area contributed by atoms with Crippen LogP contribution in [0.4, 0.5) is 20.2 Å². The molecule has 0 spiro atoms. The molecule has 1 heterocycles.